The van der Waals surface area contributed by atoms with E-state index in [2.05, 4.69) is 9.97 Å². The average molecular weight is 282 g/mol. The predicted molar refractivity (Wildman–Crippen MR) is 79.6 cm³/mol. The van der Waals surface area contributed by atoms with Gasteiger partial charge in [-0.05, 0) is 36.8 Å². The maximum atomic E-state index is 12.1. The number of fused-ring (bicyclic) bond motifs is 1. The Kier molecular flexibility index (Phi) is 3.06. The molecule has 0 radical (unpaired) electrons. The minimum absolute atomic E-state index is 0.376. The maximum absolute atomic E-state index is 12.1. The molecule has 0 aliphatic rings. The van der Waals surface area contributed by atoms with Crippen molar-refractivity contribution in [3.63, 3.8) is 0 Å². The zero-order chi connectivity index (χ0) is 15.0. The van der Waals surface area contributed by atoms with Crippen molar-refractivity contribution in [1.82, 2.24) is 14.5 Å². The zero-order valence-electron chi connectivity index (χ0n) is 11.5. The van der Waals surface area contributed by atoms with Gasteiger partial charge in [-0.15, -0.1) is 0 Å². The van der Waals surface area contributed by atoms with E-state index in [9.17, 15) is 9.59 Å². The highest BCUT2D eigenvalue weighted by Crippen LogP contribution is 2.14. The number of nitrogens with zero attached hydrogens (tertiary/aromatic N) is 2. The van der Waals surface area contributed by atoms with E-state index in [1.807, 2.05) is 13.0 Å². The van der Waals surface area contributed by atoms with Gasteiger partial charge in [0.05, 0.1) is 5.69 Å². The van der Waals surface area contributed by atoms with E-state index in [1.165, 1.54) is 4.57 Å². The molecule has 0 aliphatic heterocycles. The molecule has 0 unspecified atom stereocenters. The molecule has 106 valence electrons. The Bertz CT molecular complexity index is 875. The molecule has 2 heterocycles. The third-order valence-electron chi connectivity index (χ3n) is 3.37. The molecule has 2 aromatic heterocycles. The number of rotatable bonds is 3. The molecule has 0 spiro atoms. The Labute approximate surface area is 120 Å². The number of nitrogens with two attached hydrogens (primary N) is 1. The van der Waals surface area contributed by atoms with Crippen molar-refractivity contribution in [1.29, 1.82) is 0 Å². The second-order valence-electron chi connectivity index (χ2n) is 4.76. The van der Waals surface area contributed by atoms with Crippen molar-refractivity contribution >= 4 is 16.9 Å². The molecule has 1 aromatic carbocycles. The Morgan fingerprint density at radius 3 is 2.67 bits per heavy atom. The zero-order valence-corrected chi connectivity index (χ0v) is 11.5. The van der Waals surface area contributed by atoms with Gasteiger partial charge in [0.1, 0.15) is 5.65 Å². The quantitative estimate of drug-likeness (QED) is 0.759. The summed E-state index contributed by atoms with van der Waals surface area (Å²) in [6, 6.07) is 8.48. The summed E-state index contributed by atoms with van der Waals surface area (Å²) in [6.07, 6.45) is 2.58. The molecule has 6 nitrogen and oxygen atoms in total. The summed E-state index contributed by atoms with van der Waals surface area (Å²) in [4.78, 5) is 30.3. The van der Waals surface area contributed by atoms with E-state index in [0.29, 0.717) is 16.9 Å². The van der Waals surface area contributed by atoms with E-state index < -0.39 is 5.91 Å². The van der Waals surface area contributed by atoms with Crippen LogP contribution in [0, 0.1) is 0 Å². The lowest BCUT2D eigenvalue weighted by molar-refractivity contribution is 0.100. The number of carbonyl (C=O) groups is 1. The van der Waals surface area contributed by atoms with E-state index in [4.69, 9.17) is 5.73 Å². The first kappa shape index (κ1) is 13.1. The topological polar surface area (TPSA) is 93.8 Å². The molecular weight excluding hydrogens is 268 g/mol. The molecule has 0 fully saturated rings. The lowest BCUT2D eigenvalue weighted by Crippen LogP contribution is -2.20. The lowest BCUT2D eigenvalue weighted by Gasteiger charge is -2.05. The summed E-state index contributed by atoms with van der Waals surface area (Å²) in [7, 11) is 0. The van der Waals surface area contributed by atoms with Crippen LogP contribution in [0.2, 0.25) is 0 Å². The van der Waals surface area contributed by atoms with Crippen LogP contribution in [-0.4, -0.2) is 20.4 Å². The third-order valence-corrected chi connectivity index (χ3v) is 3.37. The van der Waals surface area contributed by atoms with Crippen molar-refractivity contribution in [2.24, 2.45) is 5.73 Å². The molecule has 0 saturated heterocycles. The molecule has 3 rings (SSSR count). The molecule has 0 saturated carbocycles. The first-order valence-electron chi connectivity index (χ1n) is 6.60. The van der Waals surface area contributed by atoms with Gasteiger partial charge in [0.2, 0.25) is 5.91 Å². The van der Waals surface area contributed by atoms with Gasteiger partial charge >= 0.3 is 5.69 Å². The summed E-state index contributed by atoms with van der Waals surface area (Å²) in [6.45, 7) is 2.03. The highest BCUT2D eigenvalue weighted by molar-refractivity contribution is 5.92. The fourth-order valence-electron chi connectivity index (χ4n) is 2.21. The monoisotopic (exact) mass is 282 g/mol. The molecule has 21 heavy (non-hydrogen) atoms. The maximum Gasteiger partial charge on any atom is 0.354 e. The number of amides is 1. The van der Waals surface area contributed by atoms with E-state index in [0.717, 1.165) is 17.5 Å². The van der Waals surface area contributed by atoms with E-state index in [1.54, 1.807) is 30.5 Å². The standard InChI is InChI=1S/C15H14N4O2/c1-2-11-7-10-8-19(15(21)18-14(10)17-11)12-5-3-9(4-6-12)13(16)20/h3-8H,2H2,1H3,(H2,16,20)(H,17,18,21). The number of aromatic amines is 1. The Hall–Kier alpha value is -2.89. The van der Waals surface area contributed by atoms with Crippen molar-refractivity contribution < 1.29 is 4.79 Å². The molecule has 0 bridgehead atoms. The molecule has 1 amide bonds. The van der Waals surface area contributed by atoms with Crippen LogP contribution in [0.4, 0.5) is 0 Å². The largest absolute Gasteiger partial charge is 0.366 e. The van der Waals surface area contributed by atoms with Crippen LogP contribution in [0.3, 0.4) is 0 Å². The Morgan fingerprint density at radius 2 is 2.05 bits per heavy atom. The van der Waals surface area contributed by atoms with Crippen molar-refractivity contribution in [2.75, 3.05) is 0 Å². The minimum Gasteiger partial charge on any atom is -0.366 e. The number of H-pyrrole nitrogens is 1. The fraction of sp³-hybridized carbons (Fsp3) is 0.133. The summed E-state index contributed by atoms with van der Waals surface area (Å²) in [5.74, 6) is -0.499. The molecule has 0 aliphatic carbocycles. The lowest BCUT2D eigenvalue weighted by atomic mass is 10.2. The highest BCUT2D eigenvalue weighted by atomic mass is 16.1. The van der Waals surface area contributed by atoms with E-state index >= 15 is 0 Å². The second kappa shape index (κ2) is 4.90. The van der Waals surface area contributed by atoms with Crippen LogP contribution in [0.1, 0.15) is 23.0 Å². The van der Waals surface area contributed by atoms with Crippen LogP contribution in [0.5, 0.6) is 0 Å². The summed E-state index contributed by atoms with van der Waals surface area (Å²) < 4.78 is 1.44. The van der Waals surface area contributed by atoms with Gasteiger partial charge in [-0.1, -0.05) is 6.92 Å². The van der Waals surface area contributed by atoms with Crippen molar-refractivity contribution in [2.45, 2.75) is 13.3 Å². The van der Waals surface area contributed by atoms with Crippen molar-refractivity contribution in [3.8, 4) is 5.69 Å². The smallest absolute Gasteiger partial charge is 0.354 e. The number of aromatic nitrogens is 3. The number of hydrogen-bond acceptors (Lipinski definition) is 3. The minimum atomic E-state index is -0.499. The molecule has 3 aromatic rings. The number of benzene rings is 1. The van der Waals surface area contributed by atoms with Gasteiger partial charge in [-0.25, -0.2) is 4.79 Å². The number of hydrogen-bond donors (Lipinski definition) is 2. The van der Waals surface area contributed by atoms with Crippen LogP contribution in [0.15, 0.2) is 41.3 Å². The number of primary amides is 1. The van der Waals surface area contributed by atoms with Gasteiger partial charge in [0.25, 0.3) is 0 Å². The number of aryl methyl sites for hydroxylation is 1. The summed E-state index contributed by atoms with van der Waals surface area (Å²) in [5, 5.41) is 0.866. The van der Waals surface area contributed by atoms with Crippen LogP contribution in [-0.2, 0) is 6.42 Å². The average Bonchev–Trinajstić information content (AvgIpc) is 2.88. The van der Waals surface area contributed by atoms with E-state index in [-0.39, 0.29) is 5.69 Å². The molecule has 6 heteroatoms. The normalized spacial score (nSPS) is 10.9. The Balaban J connectivity index is 2.12. The fourth-order valence-corrected chi connectivity index (χ4v) is 2.21. The first-order valence-corrected chi connectivity index (χ1v) is 6.60. The van der Waals surface area contributed by atoms with Gasteiger partial charge < -0.3 is 10.7 Å². The predicted octanol–water partition coefficient (Wildman–Crippen LogP) is 1.38. The van der Waals surface area contributed by atoms with Crippen LogP contribution in [0.25, 0.3) is 16.7 Å². The molecule has 0 atom stereocenters. The molecule has 3 N–H and O–H groups in total. The highest BCUT2D eigenvalue weighted by Gasteiger charge is 2.07. The van der Waals surface area contributed by atoms with Gasteiger partial charge in [-0.2, -0.15) is 4.98 Å². The molecular formula is C15H14N4O2. The van der Waals surface area contributed by atoms with Crippen molar-refractivity contribution in [3.05, 3.63) is 58.3 Å². The first-order chi connectivity index (χ1) is 10.1. The number of nitrogens with one attached hydrogen (secondary N) is 1. The van der Waals surface area contributed by atoms with Crippen LogP contribution >= 0.6 is 0 Å². The SMILES string of the molecule is CCc1cc2cn(-c3ccc(C(N)=O)cc3)c(=O)nc2[nH]1. The number of carbonyl (C=O) groups excluding carboxylic acids is 1. The Morgan fingerprint density at radius 1 is 1.33 bits per heavy atom. The summed E-state index contributed by atoms with van der Waals surface area (Å²) >= 11 is 0. The van der Waals surface area contributed by atoms with Crippen LogP contribution < -0.4 is 11.4 Å². The third kappa shape index (κ3) is 2.31. The van der Waals surface area contributed by atoms with Gasteiger partial charge in [-0.3, -0.25) is 9.36 Å². The second-order valence-corrected chi connectivity index (χ2v) is 4.76. The van der Waals surface area contributed by atoms with Gasteiger partial charge in [0.15, 0.2) is 0 Å². The summed E-state index contributed by atoms with van der Waals surface area (Å²) in [5.41, 5.74) is 7.47. The van der Waals surface area contributed by atoms with Gasteiger partial charge in [0, 0.05) is 22.8 Å².